The lowest BCUT2D eigenvalue weighted by atomic mass is 10.0. The molecule has 1 aromatic heterocycles. The number of hydrogen-bond donors (Lipinski definition) is 1. The smallest absolute Gasteiger partial charge is 0.273 e. The number of nitrogens with two attached hydrogens (primary N) is 1. The van der Waals surface area contributed by atoms with Gasteiger partial charge in [0.15, 0.2) is 0 Å². The van der Waals surface area contributed by atoms with Crippen molar-refractivity contribution in [2.24, 2.45) is 5.14 Å². The summed E-state index contributed by atoms with van der Waals surface area (Å²) in [5.41, 5.74) is -0.450. The lowest BCUT2D eigenvalue weighted by Gasteiger charge is -2.26. The van der Waals surface area contributed by atoms with Gasteiger partial charge >= 0.3 is 0 Å². The van der Waals surface area contributed by atoms with Gasteiger partial charge in [-0.05, 0) is 46.5 Å². The van der Waals surface area contributed by atoms with E-state index in [-0.39, 0.29) is 11.3 Å². The highest BCUT2D eigenvalue weighted by Crippen LogP contribution is 2.23. The van der Waals surface area contributed by atoms with E-state index in [1.54, 1.807) is 4.57 Å². The monoisotopic (exact) mass is 316 g/mol. The number of nitrogens with zero attached hydrogens (tertiary/aromatic N) is 3. The Kier molecular flexibility index (Phi) is 4.69. The van der Waals surface area contributed by atoms with Crippen LogP contribution < -0.4 is 5.14 Å². The SMILES string of the molecule is CC(C)(C)n1c(CCC2CCCCO2)nnc1S(N)(=O)=O. The van der Waals surface area contributed by atoms with Crippen LogP contribution in [0.25, 0.3) is 0 Å². The van der Waals surface area contributed by atoms with E-state index in [4.69, 9.17) is 9.88 Å². The number of aryl methyl sites for hydroxylation is 1. The van der Waals surface area contributed by atoms with Gasteiger partial charge in [-0.3, -0.25) is 4.57 Å². The summed E-state index contributed by atoms with van der Waals surface area (Å²) in [4.78, 5) is 0. The Bertz CT molecular complexity index is 583. The highest BCUT2D eigenvalue weighted by atomic mass is 32.2. The van der Waals surface area contributed by atoms with Crippen molar-refractivity contribution in [2.45, 2.75) is 69.7 Å². The molecule has 2 N–H and O–H groups in total. The lowest BCUT2D eigenvalue weighted by Crippen LogP contribution is -2.30. The van der Waals surface area contributed by atoms with Gasteiger partial charge < -0.3 is 4.74 Å². The zero-order chi connectivity index (χ0) is 15.7. The Morgan fingerprint density at radius 1 is 1.33 bits per heavy atom. The molecule has 0 bridgehead atoms. The van der Waals surface area contributed by atoms with Crippen molar-refractivity contribution in [2.75, 3.05) is 6.61 Å². The van der Waals surface area contributed by atoms with Crippen LogP contribution in [0, 0.1) is 0 Å². The van der Waals surface area contributed by atoms with Crippen molar-refractivity contribution in [3.8, 4) is 0 Å². The third kappa shape index (κ3) is 4.02. The van der Waals surface area contributed by atoms with Crippen molar-refractivity contribution in [3.05, 3.63) is 5.82 Å². The van der Waals surface area contributed by atoms with Crippen LogP contribution in [0.2, 0.25) is 0 Å². The molecule has 1 unspecified atom stereocenters. The fraction of sp³-hybridized carbons (Fsp3) is 0.846. The lowest BCUT2D eigenvalue weighted by molar-refractivity contribution is 0.0109. The number of hydrogen-bond acceptors (Lipinski definition) is 5. The summed E-state index contributed by atoms with van der Waals surface area (Å²) in [5.74, 6) is 0.640. The Balaban J connectivity index is 2.21. The van der Waals surface area contributed by atoms with E-state index in [2.05, 4.69) is 10.2 Å². The summed E-state index contributed by atoms with van der Waals surface area (Å²) in [6.07, 6.45) is 5.01. The van der Waals surface area contributed by atoms with Crippen LogP contribution >= 0.6 is 0 Å². The first-order valence-corrected chi connectivity index (χ1v) is 8.83. The summed E-state index contributed by atoms with van der Waals surface area (Å²) in [6, 6.07) is 0. The second-order valence-corrected chi connectivity index (χ2v) is 7.93. The maximum atomic E-state index is 11.6. The van der Waals surface area contributed by atoms with Crippen LogP contribution in [-0.2, 0) is 26.7 Å². The summed E-state index contributed by atoms with van der Waals surface area (Å²) in [6.45, 7) is 6.53. The molecule has 21 heavy (non-hydrogen) atoms. The molecule has 1 aliphatic heterocycles. The summed E-state index contributed by atoms with van der Waals surface area (Å²) in [5, 5.41) is 12.9. The number of ether oxygens (including phenoxy) is 1. The molecule has 1 atom stereocenters. The minimum absolute atomic E-state index is 0.172. The molecule has 0 aromatic carbocycles. The van der Waals surface area contributed by atoms with Gasteiger partial charge in [0.2, 0.25) is 0 Å². The fourth-order valence-corrected chi connectivity index (χ4v) is 3.43. The number of sulfonamides is 1. The van der Waals surface area contributed by atoms with Crippen LogP contribution in [0.5, 0.6) is 0 Å². The van der Waals surface area contributed by atoms with Crippen molar-refractivity contribution >= 4 is 10.0 Å². The predicted octanol–water partition coefficient (Wildman–Crippen LogP) is 1.18. The largest absolute Gasteiger partial charge is 0.378 e. The quantitative estimate of drug-likeness (QED) is 0.899. The van der Waals surface area contributed by atoms with E-state index < -0.39 is 15.6 Å². The Labute approximate surface area is 125 Å². The highest BCUT2D eigenvalue weighted by molar-refractivity contribution is 7.89. The van der Waals surface area contributed by atoms with Gasteiger partial charge in [-0.2, -0.15) is 0 Å². The second kappa shape index (κ2) is 6.02. The standard InChI is InChI=1S/C13H24N4O3S/c1-13(2,3)17-11(15-16-12(17)21(14,18)19)8-7-10-6-4-5-9-20-10/h10H,4-9H2,1-3H3,(H2,14,18,19). The van der Waals surface area contributed by atoms with Crippen molar-refractivity contribution in [1.29, 1.82) is 0 Å². The minimum Gasteiger partial charge on any atom is -0.378 e. The van der Waals surface area contributed by atoms with Crippen molar-refractivity contribution < 1.29 is 13.2 Å². The van der Waals surface area contributed by atoms with E-state index >= 15 is 0 Å². The maximum Gasteiger partial charge on any atom is 0.273 e. The Morgan fingerprint density at radius 3 is 2.57 bits per heavy atom. The molecule has 120 valence electrons. The molecule has 0 saturated carbocycles. The van der Waals surface area contributed by atoms with Gasteiger partial charge in [0.25, 0.3) is 15.2 Å². The minimum atomic E-state index is -3.88. The Hall–Kier alpha value is -0.990. The van der Waals surface area contributed by atoms with Gasteiger partial charge in [0.1, 0.15) is 5.82 Å². The number of primary sulfonamides is 1. The van der Waals surface area contributed by atoms with Crippen LogP contribution in [0.15, 0.2) is 5.16 Å². The molecule has 0 amide bonds. The highest BCUT2D eigenvalue weighted by Gasteiger charge is 2.29. The van der Waals surface area contributed by atoms with Crippen LogP contribution in [0.3, 0.4) is 0 Å². The number of aromatic nitrogens is 3. The Morgan fingerprint density at radius 2 is 2.05 bits per heavy atom. The van der Waals surface area contributed by atoms with Crippen molar-refractivity contribution in [1.82, 2.24) is 14.8 Å². The van der Waals surface area contributed by atoms with E-state index in [0.717, 1.165) is 25.9 Å². The van der Waals surface area contributed by atoms with Gasteiger partial charge in [0.05, 0.1) is 6.10 Å². The van der Waals surface area contributed by atoms with Gasteiger partial charge in [-0.15, -0.1) is 10.2 Å². The molecule has 0 spiro atoms. The van der Waals surface area contributed by atoms with E-state index in [1.807, 2.05) is 20.8 Å². The number of rotatable bonds is 4. The van der Waals surface area contributed by atoms with Gasteiger partial charge in [-0.25, -0.2) is 13.6 Å². The van der Waals surface area contributed by atoms with Crippen LogP contribution in [0.4, 0.5) is 0 Å². The molecule has 1 aromatic rings. The van der Waals surface area contributed by atoms with Crippen LogP contribution in [-0.4, -0.2) is 35.9 Å². The molecule has 7 nitrogen and oxygen atoms in total. The normalized spacial score (nSPS) is 20.7. The first-order valence-electron chi connectivity index (χ1n) is 7.29. The average Bonchev–Trinajstić information content (AvgIpc) is 2.81. The first kappa shape index (κ1) is 16.4. The molecule has 2 heterocycles. The second-order valence-electron chi connectivity index (χ2n) is 6.48. The summed E-state index contributed by atoms with van der Waals surface area (Å²) in [7, 11) is -3.88. The first-order chi connectivity index (χ1) is 9.69. The molecule has 1 aliphatic rings. The van der Waals surface area contributed by atoms with Gasteiger partial charge in [0, 0.05) is 18.6 Å². The zero-order valence-electron chi connectivity index (χ0n) is 12.9. The topological polar surface area (TPSA) is 100 Å². The van der Waals surface area contributed by atoms with Gasteiger partial charge in [-0.1, -0.05) is 0 Å². The fourth-order valence-electron chi connectivity index (χ4n) is 2.65. The van der Waals surface area contributed by atoms with E-state index in [9.17, 15) is 8.42 Å². The molecule has 8 heteroatoms. The molecule has 2 rings (SSSR count). The molecule has 1 fully saturated rings. The van der Waals surface area contributed by atoms with E-state index in [0.29, 0.717) is 12.2 Å². The zero-order valence-corrected chi connectivity index (χ0v) is 13.7. The van der Waals surface area contributed by atoms with E-state index in [1.165, 1.54) is 6.42 Å². The van der Waals surface area contributed by atoms with Crippen molar-refractivity contribution in [3.63, 3.8) is 0 Å². The molecule has 1 saturated heterocycles. The molecular formula is C13H24N4O3S. The average molecular weight is 316 g/mol. The molecule has 0 radical (unpaired) electrons. The summed E-state index contributed by atoms with van der Waals surface area (Å²) < 4.78 is 30.6. The predicted molar refractivity (Wildman–Crippen MR) is 78.3 cm³/mol. The molecule has 0 aliphatic carbocycles. The maximum absolute atomic E-state index is 11.6. The third-order valence-electron chi connectivity index (χ3n) is 3.59. The van der Waals surface area contributed by atoms with Crippen LogP contribution in [0.1, 0.15) is 52.3 Å². The summed E-state index contributed by atoms with van der Waals surface area (Å²) >= 11 is 0. The molecular weight excluding hydrogens is 292 g/mol. The third-order valence-corrected chi connectivity index (χ3v) is 4.36.